The average molecular weight is 465 g/mol. The number of para-hydroxylation sites is 1. The molecule has 28 heavy (non-hydrogen) atoms. The Hall–Kier alpha value is -2.39. The maximum atomic E-state index is 13.1. The van der Waals surface area contributed by atoms with Crippen molar-refractivity contribution >= 4 is 37.7 Å². The van der Waals surface area contributed by atoms with Crippen molar-refractivity contribution in [1.29, 1.82) is 0 Å². The lowest BCUT2D eigenvalue weighted by atomic mass is 9.84. The predicted molar refractivity (Wildman–Crippen MR) is 105 cm³/mol. The van der Waals surface area contributed by atoms with Crippen molar-refractivity contribution in [3.63, 3.8) is 0 Å². The van der Waals surface area contributed by atoms with E-state index in [1.807, 2.05) is 0 Å². The number of benzene rings is 2. The van der Waals surface area contributed by atoms with Crippen molar-refractivity contribution in [3.05, 3.63) is 58.6 Å². The smallest absolute Gasteiger partial charge is 0.325 e. The maximum absolute atomic E-state index is 13.1. The van der Waals surface area contributed by atoms with Gasteiger partial charge in [-0.3, -0.25) is 9.69 Å². The van der Waals surface area contributed by atoms with Crippen LogP contribution >= 0.6 is 15.9 Å². The van der Waals surface area contributed by atoms with Gasteiger partial charge in [-0.05, 0) is 30.3 Å². The number of imide groups is 1. The van der Waals surface area contributed by atoms with Crippen molar-refractivity contribution in [2.75, 3.05) is 18.9 Å². The number of nitrogens with zero attached hydrogens (tertiary/aromatic N) is 1. The van der Waals surface area contributed by atoms with Crippen LogP contribution in [0.4, 0.5) is 4.79 Å². The number of halogens is 1. The lowest BCUT2D eigenvalue weighted by Gasteiger charge is -2.33. The number of carbonyl (C=O) groups excluding carboxylic acids is 2. The largest absolute Gasteiger partial charge is 0.493 e. The third-order valence-corrected chi connectivity index (χ3v) is 7.25. The number of nitrogens with one attached hydrogen (secondary N) is 1. The zero-order chi connectivity index (χ0) is 19.9. The molecule has 1 N–H and O–H groups in total. The fourth-order valence-electron chi connectivity index (χ4n) is 3.55. The van der Waals surface area contributed by atoms with E-state index in [0.717, 1.165) is 9.37 Å². The number of ether oxygens (including phenoxy) is 1. The Morgan fingerprint density at radius 1 is 1.11 bits per heavy atom. The topological polar surface area (TPSA) is 92.8 Å². The van der Waals surface area contributed by atoms with E-state index in [1.165, 1.54) is 12.1 Å². The molecule has 1 unspecified atom stereocenters. The molecule has 0 aliphatic carbocycles. The number of sulfone groups is 1. The number of urea groups is 1. The molecule has 1 atom stereocenters. The van der Waals surface area contributed by atoms with Crippen molar-refractivity contribution in [2.24, 2.45) is 0 Å². The van der Waals surface area contributed by atoms with E-state index in [4.69, 9.17) is 4.74 Å². The van der Waals surface area contributed by atoms with E-state index in [1.54, 1.807) is 36.4 Å². The van der Waals surface area contributed by atoms with Crippen LogP contribution in [0, 0.1) is 0 Å². The summed E-state index contributed by atoms with van der Waals surface area (Å²) in [6, 6.07) is 12.7. The van der Waals surface area contributed by atoms with E-state index >= 15 is 0 Å². The number of hydrogen-bond acceptors (Lipinski definition) is 5. The third kappa shape index (κ3) is 3.08. The van der Waals surface area contributed by atoms with Crippen LogP contribution in [0.2, 0.25) is 0 Å². The Kier molecular flexibility index (Phi) is 4.67. The molecular formula is C19H17BrN2O5S. The van der Waals surface area contributed by atoms with E-state index < -0.39 is 27.3 Å². The fourth-order valence-corrected chi connectivity index (χ4v) is 5.02. The Bertz CT molecular complexity index is 1050. The zero-order valence-corrected chi connectivity index (χ0v) is 17.1. The van der Waals surface area contributed by atoms with Crippen molar-refractivity contribution in [2.45, 2.75) is 16.9 Å². The molecule has 7 nitrogen and oxygen atoms in total. The molecule has 2 aliphatic heterocycles. The highest BCUT2D eigenvalue weighted by atomic mass is 79.9. The molecule has 1 saturated heterocycles. The van der Waals surface area contributed by atoms with Gasteiger partial charge in [0.15, 0.2) is 15.4 Å². The number of amides is 3. The SMILES string of the molecule is O=C1NC2(CCOc3ccccc32)C(=O)N1CCS(=O)(=O)c1ccc(Br)cc1. The van der Waals surface area contributed by atoms with Gasteiger partial charge in [0.2, 0.25) is 0 Å². The van der Waals surface area contributed by atoms with Gasteiger partial charge in [0.25, 0.3) is 5.91 Å². The normalized spacial score (nSPS) is 21.4. The second-order valence-corrected chi connectivity index (χ2v) is 9.68. The minimum absolute atomic E-state index is 0.147. The molecule has 9 heteroatoms. The van der Waals surface area contributed by atoms with Gasteiger partial charge >= 0.3 is 6.03 Å². The lowest BCUT2D eigenvalue weighted by Crippen LogP contribution is -2.47. The molecule has 1 spiro atoms. The Labute approximate surface area is 170 Å². The summed E-state index contributed by atoms with van der Waals surface area (Å²) in [5.41, 5.74) is -0.606. The van der Waals surface area contributed by atoms with Crippen molar-refractivity contribution in [1.82, 2.24) is 10.2 Å². The van der Waals surface area contributed by atoms with Gasteiger partial charge in [-0.2, -0.15) is 0 Å². The van der Waals surface area contributed by atoms with Crippen LogP contribution in [0.5, 0.6) is 5.75 Å². The number of rotatable bonds is 4. The summed E-state index contributed by atoms with van der Waals surface area (Å²) in [5, 5.41) is 2.77. The van der Waals surface area contributed by atoms with Gasteiger partial charge in [-0.15, -0.1) is 0 Å². The molecule has 2 aromatic carbocycles. The highest BCUT2D eigenvalue weighted by molar-refractivity contribution is 9.10. The summed E-state index contributed by atoms with van der Waals surface area (Å²) in [4.78, 5) is 26.8. The van der Waals surface area contributed by atoms with Gasteiger partial charge in [-0.25, -0.2) is 13.2 Å². The first-order valence-corrected chi connectivity index (χ1v) is 11.1. The molecule has 0 bridgehead atoms. The minimum atomic E-state index is -3.63. The highest BCUT2D eigenvalue weighted by Crippen LogP contribution is 2.40. The standard InChI is InChI=1S/C19H17BrN2O5S/c20-13-5-7-14(8-6-13)28(25,26)12-10-22-17(23)19(21-18(22)24)9-11-27-16-4-2-1-3-15(16)19/h1-8H,9-12H2,(H,21,24). The van der Waals surface area contributed by atoms with E-state index in [9.17, 15) is 18.0 Å². The van der Waals surface area contributed by atoms with Crippen LogP contribution in [-0.2, 0) is 20.2 Å². The summed E-state index contributed by atoms with van der Waals surface area (Å²) in [7, 11) is -3.63. The van der Waals surface area contributed by atoms with Gasteiger partial charge < -0.3 is 10.1 Å². The Balaban J connectivity index is 1.57. The van der Waals surface area contributed by atoms with Crippen LogP contribution < -0.4 is 10.1 Å². The first kappa shape index (κ1) is 18.9. The predicted octanol–water partition coefficient (Wildman–Crippen LogP) is 2.45. The Morgan fingerprint density at radius 2 is 1.82 bits per heavy atom. The third-order valence-electron chi connectivity index (χ3n) is 5.01. The summed E-state index contributed by atoms with van der Waals surface area (Å²) in [5.74, 6) is -0.242. The summed E-state index contributed by atoms with van der Waals surface area (Å²) in [6.07, 6.45) is 0.296. The van der Waals surface area contributed by atoms with Gasteiger partial charge in [0.1, 0.15) is 5.75 Å². The first-order valence-electron chi connectivity index (χ1n) is 8.68. The molecule has 0 saturated carbocycles. The lowest BCUT2D eigenvalue weighted by molar-refractivity contribution is -0.132. The first-order chi connectivity index (χ1) is 13.3. The molecule has 1 fully saturated rings. The zero-order valence-electron chi connectivity index (χ0n) is 14.7. The van der Waals surface area contributed by atoms with Crippen LogP contribution in [0.3, 0.4) is 0 Å². The molecule has 2 aliphatic rings. The van der Waals surface area contributed by atoms with Gasteiger partial charge in [0, 0.05) is 23.0 Å². The number of fused-ring (bicyclic) bond motifs is 2. The average Bonchev–Trinajstić information content (AvgIpc) is 2.91. The number of hydrogen-bond donors (Lipinski definition) is 1. The molecule has 146 valence electrons. The second kappa shape index (κ2) is 6.89. The van der Waals surface area contributed by atoms with Crippen molar-refractivity contribution in [3.8, 4) is 5.75 Å². The molecule has 2 aromatic rings. The van der Waals surface area contributed by atoms with Crippen LogP contribution in [0.15, 0.2) is 57.9 Å². The van der Waals surface area contributed by atoms with E-state index in [0.29, 0.717) is 17.7 Å². The van der Waals surface area contributed by atoms with Gasteiger partial charge in [-0.1, -0.05) is 34.1 Å². The second-order valence-electron chi connectivity index (χ2n) is 6.66. The van der Waals surface area contributed by atoms with Crippen molar-refractivity contribution < 1.29 is 22.7 Å². The van der Waals surface area contributed by atoms with E-state index in [2.05, 4.69) is 21.2 Å². The summed E-state index contributed by atoms with van der Waals surface area (Å²) < 4.78 is 31.5. The Morgan fingerprint density at radius 3 is 2.57 bits per heavy atom. The monoisotopic (exact) mass is 464 g/mol. The highest BCUT2D eigenvalue weighted by Gasteiger charge is 2.54. The van der Waals surface area contributed by atoms with E-state index in [-0.39, 0.29) is 23.8 Å². The fraction of sp³-hybridized carbons (Fsp3) is 0.263. The molecule has 2 heterocycles. The summed E-state index contributed by atoms with van der Waals surface area (Å²) >= 11 is 3.26. The van der Waals surface area contributed by atoms with Crippen LogP contribution in [-0.4, -0.2) is 44.2 Å². The van der Waals surface area contributed by atoms with Gasteiger partial charge in [0.05, 0.1) is 17.3 Å². The summed E-state index contributed by atoms with van der Waals surface area (Å²) in [6.45, 7) is 0.0713. The van der Waals surface area contributed by atoms with Crippen LogP contribution in [0.1, 0.15) is 12.0 Å². The number of carbonyl (C=O) groups is 2. The quantitative estimate of drug-likeness (QED) is 0.701. The molecule has 0 radical (unpaired) electrons. The minimum Gasteiger partial charge on any atom is -0.493 e. The molecular weight excluding hydrogens is 448 g/mol. The van der Waals surface area contributed by atoms with Crippen LogP contribution in [0.25, 0.3) is 0 Å². The molecule has 0 aromatic heterocycles. The molecule has 3 amide bonds. The molecule has 4 rings (SSSR count). The maximum Gasteiger partial charge on any atom is 0.325 e.